The van der Waals surface area contributed by atoms with E-state index in [1.807, 2.05) is 6.92 Å². The number of hydrogen-bond donors (Lipinski definition) is 0. The number of ketones is 1. The Hall–Kier alpha value is 0.340. The number of Topliss-reactive ketones (excluding diaryl/α,β-unsaturated/α-hetero) is 1. The molecule has 0 N–H and O–H groups in total. The molecule has 0 aromatic rings. The standard InChI is InChI=1S/C8H14O2.Na.H/c1-3-4-5-8(6-9)7(2)10;;/h6,8H,3-5H2,1-2H3;;. The molecule has 0 radical (unpaired) electrons. The number of unbranched alkanes of at least 4 members (excludes halogenated alkanes) is 1. The Morgan fingerprint density at radius 3 is 2.36 bits per heavy atom. The number of carbonyl (C=O) groups is 2. The Labute approximate surface area is 90.0 Å². The first-order valence-electron chi connectivity index (χ1n) is 3.68. The number of aldehydes is 1. The molecule has 2 nitrogen and oxygen atoms in total. The topological polar surface area (TPSA) is 34.1 Å². The van der Waals surface area contributed by atoms with Gasteiger partial charge in [-0.15, -0.1) is 0 Å². The second kappa shape index (κ2) is 8.44. The SMILES string of the molecule is CCCCC(C=O)C(C)=O.[NaH]. The van der Waals surface area contributed by atoms with Crippen LogP contribution in [0.1, 0.15) is 33.1 Å². The van der Waals surface area contributed by atoms with Gasteiger partial charge in [0.15, 0.2) is 0 Å². The van der Waals surface area contributed by atoms with Crippen LogP contribution in [0.5, 0.6) is 0 Å². The molecule has 0 saturated heterocycles. The predicted octanol–water partition coefficient (Wildman–Crippen LogP) is 0.932. The van der Waals surface area contributed by atoms with Crippen molar-refractivity contribution in [3.8, 4) is 0 Å². The average molecular weight is 166 g/mol. The molecule has 0 aliphatic carbocycles. The van der Waals surface area contributed by atoms with Gasteiger partial charge in [-0.3, -0.25) is 4.79 Å². The van der Waals surface area contributed by atoms with E-state index in [0.29, 0.717) is 0 Å². The van der Waals surface area contributed by atoms with Crippen LogP contribution < -0.4 is 0 Å². The van der Waals surface area contributed by atoms with E-state index in [-0.39, 0.29) is 41.3 Å². The van der Waals surface area contributed by atoms with Gasteiger partial charge in [-0.2, -0.15) is 0 Å². The first-order valence-corrected chi connectivity index (χ1v) is 3.68. The van der Waals surface area contributed by atoms with E-state index >= 15 is 0 Å². The van der Waals surface area contributed by atoms with E-state index in [1.165, 1.54) is 6.92 Å². The van der Waals surface area contributed by atoms with Crippen molar-refractivity contribution in [1.82, 2.24) is 0 Å². The van der Waals surface area contributed by atoms with Gasteiger partial charge in [-0.05, 0) is 13.3 Å². The summed E-state index contributed by atoms with van der Waals surface area (Å²) in [4.78, 5) is 20.9. The van der Waals surface area contributed by atoms with Crippen LogP contribution in [0, 0.1) is 5.92 Å². The number of rotatable bonds is 5. The third kappa shape index (κ3) is 6.73. The van der Waals surface area contributed by atoms with Crippen molar-refractivity contribution in [1.29, 1.82) is 0 Å². The van der Waals surface area contributed by atoms with Gasteiger partial charge in [0.2, 0.25) is 0 Å². The van der Waals surface area contributed by atoms with E-state index < -0.39 is 0 Å². The Morgan fingerprint density at radius 2 is 2.09 bits per heavy atom. The fourth-order valence-electron chi connectivity index (χ4n) is 0.791. The van der Waals surface area contributed by atoms with E-state index in [4.69, 9.17) is 0 Å². The Balaban J connectivity index is 0. The predicted molar refractivity (Wildman–Crippen MR) is 46.9 cm³/mol. The van der Waals surface area contributed by atoms with Crippen LogP contribution in [0.2, 0.25) is 0 Å². The Bertz CT molecular complexity index is 123. The molecule has 0 rings (SSSR count). The fourth-order valence-corrected chi connectivity index (χ4v) is 0.791. The summed E-state index contributed by atoms with van der Waals surface area (Å²) in [5.41, 5.74) is 0. The van der Waals surface area contributed by atoms with Crippen LogP contribution in [0.15, 0.2) is 0 Å². The van der Waals surface area contributed by atoms with Gasteiger partial charge >= 0.3 is 29.6 Å². The molecule has 0 fully saturated rings. The van der Waals surface area contributed by atoms with Crippen LogP contribution in [0.4, 0.5) is 0 Å². The first kappa shape index (κ1) is 13.9. The summed E-state index contributed by atoms with van der Waals surface area (Å²) in [6.07, 6.45) is 3.47. The van der Waals surface area contributed by atoms with E-state index in [9.17, 15) is 9.59 Å². The van der Waals surface area contributed by atoms with Gasteiger partial charge in [-0.25, -0.2) is 0 Å². The van der Waals surface area contributed by atoms with Crippen molar-refractivity contribution in [2.75, 3.05) is 0 Å². The molecule has 0 aliphatic rings. The summed E-state index contributed by atoms with van der Waals surface area (Å²) in [5.74, 6) is -0.358. The molecule has 0 spiro atoms. The van der Waals surface area contributed by atoms with Crippen LogP contribution in [0.25, 0.3) is 0 Å². The molecule has 0 heterocycles. The fraction of sp³-hybridized carbons (Fsp3) is 0.750. The van der Waals surface area contributed by atoms with Crippen molar-refractivity contribution in [3.63, 3.8) is 0 Å². The Morgan fingerprint density at radius 1 is 1.55 bits per heavy atom. The minimum atomic E-state index is -0.347. The zero-order valence-electron chi connectivity index (χ0n) is 6.59. The van der Waals surface area contributed by atoms with Gasteiger partial charge < -0.3 is 4.79 Å². The molecular weight excluding hydrogens is 151 g/mol. The molecule has 0 aromatic heterocycles. The van der Waals surface area contributed by atoms with Crippen molar-refractivity contribution in [2.45, 2.75) is 33.1 Å². The third-order valence-corrected chi connectivity index (χ3v) is 1.56. The number of carbonyl (C=O) groups excluding carboxylic acids is 2. The van der Waals surface area contributed by atoms with Crippen molar-refractivity contribution < 1.29 is 9.59 Å². The van der Waals surface area contributed by atoms with Crippen LogP contribution in [0.3, 0.4) is 0 Å². The monoisotopic (exact) mass is 166 g/mol. The molecule has 3 heteroatoms. The second-order valence-corrected chi connectivity index (χ2v) is 2.50. The van der Waals surface area contributed by atoms with Crippen molar-refractivity contribution in [2.24, 2.45) is 5.92 Å². The molecule has 11 heavy (non-hydrogen) atoms. The van der Waals surface area contributed by atoms with E-state index in [0.717, 1.165) is 25.5 Å². The van der Waals surface area contributed by atoms with E-state index in [2.05, 4.69) is 0 Å². The molecule has 0 bridgehead atoms. The maximum atomic E-state index is 10.6. The summed E-state index contributed by atoms with van der Waals surface area (Å²) in [7, 11) is 0. The van der Waals surface area contributed by atoms with Crippen LogP contribution in [-0.4, -0.2) is 41.6 Å². The second-order valence-electron chi connectivity index (χ2n) is 2.50. The quantitative estimate of drug-likeness (QED) is 0.346. The summed E-state index contributed by atoms with van der Waals surface area (Å²) < 4.78 is 0. The minimum absolute atomic E-state index is 0. The van der Waals surface area contributed by atoms with Gasteiger partial charge in [0.05, 0.1) is 5.92 Å². The molecule has 0 amide bonds. The van der Waals surface area contributed by atoms with Gasteiger partial charge in [0.25, 0.3) is 0 Å². The van der Waals surface area contributed by atoms with E-state index in [1.54, 1.807) is 0 Å². The Kier molecular flexibility index (Phi) is 10.7. The van der Waals surface area contributed by atoms with Gasteiger partial charge in [-0.1, -0.05) is 19.8 Å². The molecule has 1 atom stereocenters. The summed E-state index contributed by atoms with van der Waals surface area (Å²) in [5, 5.41) is 0. The molecule has 0 aromatic carbocycles. The van der Waals surface area contributed by atoms with Crippen LogP contribution >= 0.6 is 0 Å². The summed E-state index contributed by atoms with van der Waals surface area (Å²) in [6.45, 7) is 3.51. The summed E-state index contributed by atoms with van der Waals surface area (Å²) >= 11 is 0. The van der Waals surface area contributed by atoms with Crippen molar-refractivity contribution in [3.05, 3.63) is 0 Å². The third-order valence-electron chi connectivity index (χ3n) is 1.56. The van der Waals surface area contributed by atoms with Gasteiger partial charge in [0, 0.05) is 0 Å². The maximum absolute atomic E-state index is 10.6. The van der Waals surface area contributed by atoms with Crippen molar-refractivity contribution >= 4 is 41.6 Å². The number of hydrogen-bond acceptors (Lipinski definition) is 2. The molecule has 0 saturated carbocycles. The molecule has 1 unspecified atom stereocenters. The first-order chi connectivity index (χ1) is 4.72. The molecule has 60 valence electrons. The summed E-state index contributed by atoms with van der Waals surface area (Å²) in [6, 6.07) is 0. The normalized spacial score (nSPS) is 11.5. The van der Waals surface area contributed by atoms with Gasteiger partial charge in [0.1, 0.15) is 12.1 Å². The average Bonchev–Trinajstić information content (AvgIpc) is 1.89. The zero-order valence-corrected chi connectivity index (χ0v) is 6.59. The van der Waals surface area contributed by atoms with Crippen LogP contribution in [-0.2, 0) is 9.59 Å². The zero-order chi connectivity index (χ0) is 7.98. The molecular formula is C8H15NaO2. The molecule has 0 aliphatic heterocycles.